The summed E-state index contributed by atoms with van der Waals surface area (Å²) in [6.45, 7) is 1.46. The quantitative estimate of drug-likeness (QED) is 0.616. The highest BCUT2D eigenvalue weighted by Gasteiger charge is 2.35. The van der Waals surface area contributed by atoms with Crippen molar-refractivity contribution in [2.75, 3.05) is 13.1 Å². The van der Waals surface area contributed by atoms with E-state index in [2.05, 4.69) is 5.32 Å². The van der Waals surface area contributed by atoms with Crippen molar-refractivity contribution in [2.24, 2.45) is 0 Å². The van der Waals surface area contributed by atoms with E-state index in [9.17, 15) is 5.11 Å². The van der Waals surface area contributed by atoms with E-state index in [1.165, 1.54) is 0 Å². The Morgan fingerprint density at radius 1 is 1.64 bits per heavy atom. The summed E-state index contributed by atoms with van der Waals surface area (Å²) in [5.74, 6) is 0.669. The van der Waals surface area contributed by atoms with E-state index in [0.717, 1.165) is 13.0 Å². The Balaban J connectivity index is 2.27. The molecule has 0 bridgehead atoms. The summed E-state index contributed by atoms with van der Waals surface area (Å²) in [5.41, 5.74) is -0.760. The van der Waals surface area contributed by atoms with Crippen LogP contribution in [0.2, 0.25) is 0 Å². The molecule has 3 heteroatoms. The lowest BCUT2D eigenvalue weighted by Gasteiger charge is -2.17. The normalized spacial score (nSPS) is 31.0. The van der Waals surface area contributed by atoms with Crippen LogP contribution in [0.5, 0.6) is 0 Å². The Morgan fingerprint density at radius 2 is 2.55 bits per heavy atom. The summed E-state index contributed by atoms with van der Waals surface area (Å²) in [4.78, 5) is 0. The summed E-state index contributed by atoms with van der Waals surface area (Å²) in [6, 6.07) is 3.61. The molecule has 1 aromatic heterocycles. The van der Waals surface area contributed by atoms with Gasteiger partial charge in [0.25, 0.3) is 0 Å². The number of nitrogens with one attached hydrogen (secondary N) is 1. The zero-order valence-electron chi connectivity index (χ0n) is 6.21. The van der Waals surface area contributed by atoms with Crippen LogP contribution in [0.15, 0.2) is 22.8 Å². The van der Waals surface area contributed by atoms with Crippen molar-refractivity contribution in [3.05, 3.63) is 24.2 Å². The van der Waals surface area contributed by atoms with Gasteiger partial charge in [-0.3, -0.25) is 0 Å². The van der Waals surface area contributed by atoms with E-state index in [1.54, 1.807) is 12.3 Å². The van der Waals surface area contributed by atoms with E-state index in [0.29, 0.717) is 12.3 Å². The summed E-state index contributed by atoms with van der Waals surface area (Å²) in [5, 5.41) is 13.0. The van der Waals surface area contributed by atoms with E-state index in [1.807, 2.05) is 6.07 Å². The monoisotopic (exact) mass is 153 g/mol. The second kappa shape index (κ2) is 2.36. The molecule has 2 rings (SSSR count). The van der Waals surface area contributed by atoms with Gasteiger partial charge >= 0.3 is 0 Å². The minimum absolute atomic E-state index is 0.598. The first kappa shape index (κ1) is 6.88. The van der Waals surface area contributed by atoms with Crippen LogP contribution in [-0.2, 0) is 5.60 Å². The second-order valence-corrected chi connectivity index (χ2v) is 2.94. The fraction of sp³-hybridized carbons (Fsp3) is 0.500. The SMILES string of the molecule is OC1(c2ccco2)CCNC1. The molecular weight excluding hydrogens is 142 g/mol. The van der Waals surface area contributed by atoms with Gasteiger partial charge in [0.1, 0.15) is 11.4 Å². The van der Waals surface area contributed by atoms with E-state index < -0.39 is 5.60 Å². The number of hydrogen-bond acceptors (Lipinski definition) is 3. The lowest BCUT2D eigenvalue weighted by molar-refractivity contribution is 0.0355. The summed E-state index contributed by atoms with van der Waals surface area (Å²) in [7, 11) is 0. The third kappa shape index (κ3) is 1.06. The first-order valence-corrected chi connectivity index (χ1v) is 3.78. The number of aliphatic hydroxyl groups is 1. The lowest BCUT2D eigenvalue weighted by Crippen LogP contribution is -2.27. The van der Waals surface area contributed by atoms with Gasteiger partial charge < -0.3 is 14.8 Å². The zero-order valence-corrected chi connectivity index (χ0v) is 6.21. The third-order valence-electron chi connectivity index (χ3n) is 2.11. The molecule has 60 valence electrons. The van der Waals surface area contributed by atoms with E-state index in [-0.39, 0.29) is 0 Å². The molecule has 0 aliphatic carbocycles. The Bertz CT molecular complexity index is 224. The molecule has 1 atom stereocenters. The fourth-order valence-corrected chi connectivity index (χ4v) is 1.43. The van der Waals surface area contributed by atoms with E-state index >= 15 is 0 Å². The smallest absolute Gasteiger partial charge is 0.136 e. The minimum atomic E-state index is -0.760. The van der Waals surface area contributed by atoms with Crippen LogP contribution in [0.25, 0.3) is 0 Å². The molecular formula is C8H11NO2. The zero-order chi connectivity index (χ0) is 7.73. The molecule has 1 fully saturated rings. The molecule has 0 aromatic carbocycles. The van der Waals surface area contributed by atoms with Crippen LogP contribution in [0.1, 0.15) is 12.2 Å². The number of hydrogen-bond donors (Lipinski definition) is 2. The number of β-amino-alcohol motifs (C(OH)–C–C–N with tert-alkyl or cyclic N) is 1. The highest BCUT2D eigenvalue weighted by Crippen LogP contribution is 2.27. The maximum Gasteiger partial charge on any atom is 0.136 e. The summed E-state index contributed by atoms with van der Waals surface area (Å²) in [6.07, 6.45) is 2.33. The van der Waals surface area contributed by atoms with Gasteiger partial charge in [-0.2, -0.15) is 0 Å². The van der Waals surface area contributed by atoms with Crippen LogP contribution in [-0.4, -0.2) is 18.2 Å². The first-order valence-electron chi connectivity index (χ1n) is 3.78. The highest BCUT2D eigenvalue weighted by atomic mass is 16.4. The van der Waals surface area contributed by atoms with E-state index in [4.69, 9.17) is 4.42 Å². The average molecular weight is 153 g/mol. The Morgan fingerprint density at radius 3 is 3.09 bits per heavy atom. The molecule has 1 aromatic rings. The van der Waals surface area contributed by atoms with Crippen molar-refractivity contribution in [3.63, 3.8) is 0 Å². The van der Waals surface area contributed by atoms with Crippen LogP contribution >= 0.6 is 0 Å². The van der Waals surface area contributed by atoms with Gasteiger partial charge in [0, 0.05) is 6.54 Å². The third-order valence-corrected chi connectivity index (χ3v) is 2.11. The van der Waals surface area contributed by atoms with Crippen molar-refractivity contribution in [1.82, 2.24) is 5.32 Å². The Kier molecular flexibility index (Phi) is 1.47. The maximum atomic E-state index is 9.90. The van der Waals surface area contributed by atoms with Gasteiger partial charge in [-0.15, -0.1) is 0 Å². The molecule has 11 heavy (non-hydrogen) atoms. The van der Waals surface area contributed by atoms with Crippen LogP contribution < -0.4 is 5.32 Å². The van der Waals surface area contributed by atoms with Crippen molar-refractivity contribution < 1.29 is 9.52 Å². The van der Waals surface area contributed by atoms with Crippen LogP contribution in [0.4, 0.5) is 0 Å². The largest absolute Gasteiger partial charge is 0.466 e. The summed E-state index contributed by atoms with van der Waals surface area (Å²) < 4.78 is 5.13. The van der Waals surface area contributed by atoms with Gasteiger partial charge in [-0.25, -0.2) is 0 Å². The van der Waals surface area contributed by atoms with Gasteiger partial charge in [0.2, 0.25) is 0 Å². The molecule has 3 nitrogen and oxygen atoms in total. The van der Waals surface area contributed by atoms with Crippen molar-refractivity contribution in [3.8, 4) is 0 Å². The van der Waals surface area contributed by atoms with Crippen molar-refractivity contribution in [2.45, 2.75) is 12.0 Å². The van der Waals surface area contributed by atoms with Gasteiger partial charge in [0.05, 0.1) is 6.26 Å². The standard InChI is InChI=1S/C8H11NO2/c10-8(3-4-9-6-8)7-2-1-5-11-7/h1-2,5,9-10H,3-4,6H2. The molecule has 1 aliphatic heterocycles. The lowest BCUT2D eigenvalue weighted by atomic mass is 10.0. The summed E-state index contributed by atoms with van der Waals surface area (Å²) >= 11 is 0. The minimum Gasteiger partial charge on any atom is -0.466 e. The highest BCUT2D eigenvalue weighted by molar-refractivity contribution is 5.11. The van der Waals surface area contributed by atoms with Crippen molar-refractivity contribution >= 4 is 0 Å². The number of furan rings is 1. The molecule has 0 amide bonds. The van der Waals surface area contributed by atoms with Crippen LogP contribution in [0.3, 0.4) is 0 Å². The molecule has 1 saturated heterocycles. The average Bonchev–Trinajstić information content (AvgIpc) is 2.55. The molecule has 2 N–H and O–H groups in total. The Hall–Kier alpha value is -0.800. The predicted octanol–water partition coefficient (Wildman–Crippen LogP) is 0.460. The molecule has 0 saturated carbocycles. The predicted molar refractivity (Wildman–Crippen MR) is 40.1 cm³/mol. The maximum absolute atomic E-state index is 9.90. The van der Waals surface area contributed by atoms with Gasteiger partial charge in [0.15, 0.2) is 0 Å². The molecule has 1 aliphatic rings. The van der Waals surface area contributed by atoms with Gasteiger partial charge in [-0.05, 0) is 25.1 Å². The fourth-order valence-electron chi connectivity index (χ4n) is 1.43. The molecule has 2 heterocycles. The van der Waals surface area contributed by atoms with Crippen molar-refractivity contribution in [1.29, 1.82) is 0 Å². The Labute approximate surface area is 65.0 Å². The number of rotatable bonds is 1. The molecule has 1 unspecified atom stereocenters. The second-order valence-electron chi connectivity index (χ2n) is 2.94. The molecule has 0 radical (unpaired) electrons. The topological polar surface area (TPSA) is 45.4 Å². The first-order chi connectivity index (χ1) is 5.31. The van der Waals surface area contributed by atoms with Crippen LogP contribution in [0, 0.1) is 0 Å². The van der Waals surface area contributed by atoms with Gasteiger partial charge in [-0.1, -0.05) is 0 Å². The molecule has 0 spiro atoms.